The van der Waals surface area contributed by atoms with Gasteiger partial charge in [0, 0.05) is 36.8 Å². The molecule has 2 aromatic rings. The highest BCUT2D eigenvalue weighted by atomic mass is 19.1. The van der Waals surface area contributed by atoms with Crippen molar-refractivity contribution in [2.45, 2.75) is 12.6 Å². The van der Waals surface area contributed by atoms with E-state index in [0.717, 1.165) is 24.4 Å². The summed E-state index contributed by atoms with van der Waals surface area (Å²) in [4.78, 5) is 2.21. The van der Waals surface area contributed by atoms with Crippen LogP contribution in [0.25, 0.3) is 0 Å². The first kappa shape index (κ1) is 14.0. The first-order valence-corrected chi connectivity index (χ1v) is 7.17. The van der Waals surface area contributed by atoms with Crippen molar-refractivity contribution in [2.75, 3.05) is 19.7 Å². The molecule has 1 heterocycles. The van der Waals surface area contributed by atoms with E-state index in [4.69, 9.17) is 10.5 Å². The van der Waals surface area contributed by atoms with E-state index in [1.54, 1.807) is 12.1 Å². The third-order valence-corrected chi connectivity index (χ3v) is 3.79. The van der Waals surface area contributed by atoms with Crippen LogP contribution in [0.3, 0.4) is 0 Å². The fourth-order valence-electron chi connectivity index (χ4n) is 2.69. The summed E-state index contributed by atoms with van der Waals surface area (Å²) < 4.78 is 19.5. The topological polar surface area (TPSA) is 38.5 Å². The molecule has 1 aliphatic heterocycles. The molecule has 4 heteroatoms. The van der Waals surface area contributed by atoms with Crippen molar-refractivity contribution in [2.24, 2.45) is 5.73 Å². The van der Waals surface area contributed by atoms with Crippen LogP contribution in [0.5, 0.6) is 5.75 Å². The molecular weight excluding hydrogens is 267 g/mol. The number of ether oxygens (including phenoxy) is 1. The predicted octanol–water partition coefficient (Wildman–Crippen LogP) is 2.72. The Morgan fingerprint density at radius 2 is 1.90 bits per heavy atom. The summed E-state index contributed by atoms with van der Waals surface area (Å²) in [5.41, 5.74) is 7.89. The standard InChI is InChI=1S/C17H19FN2O/c18-15-7-3-2-6-14(15)16(19)12-20-9-10-21-17-8-4-1-5-13(17)11-20/h1-8,16H,9-12,19H2. The molecule has 21 heavy (non-hydrogen) atoms. The van der Waals surface area contributed by atoms with Crippen LogP contribution in [0.15, 0.2) is 48.5 Å². The maximum Gasteiger partial charge on any atom is 0.128 e. The third-order valence-electron chi connectivity index (χ3n) is 3.79. The second-order valence-corrected chi connectivity index (χ2v) is 5.32. The van der Waals surface area contributed by atoms with E-state index in [9.17, 15) is 4.39 Å². The fraction of sp³-hybridized carbons (Fsp3) is 0.294. The lowest BCUT2D eigenvalue weighted by Crippen LogP contribution is -2.33. The van der Waals surface area contributed by atoms with Gasteiger partial charge in [-0.3, -0.25) is 4.90 Å². The second-order valence-electron chi connectivity index (χ2n) is 5.32. The Morgan fingerprint density at radius 1 is 1.14 bits per heavy atom. The van der Waals surface area contributed by atoms with Crippen LogP contribution in [-0.2, 0) is 6.54 Å². The molecule has 1 atom stereocenters. The van der Waals surface area contributed by atoms with Gasteiger partial charge in [0.1, 0.15) is 18.2 Å². The maximum atomic E-state index is 13.8. The Balaban J connectivity index is 1.72. The zero-order valence-corrected chi connectivity index (χ0v) is 11.8. The van der Waals surface area contributed by atoms with Crippen LogP contribution in [0, 0.1) is 5.82 Å². The van der Waals surface area contributed by atoms with Crippen molar-refractivity contribution in [3.63, 3.8) is 0 Å². The van der Waals surface area contributed by atoms with Crippen LogP contribution < -0.4 is 10.5 Å². The van der Waals surface area contributed by atoms with Crippen LogP contribution in [0.2, 0.25) is 0 Å². The van der Waals surface area contributed by atoms with E-state index in [2.05, 4.69) is 11.0 Å². The summed E-state index contributed by atoms with van der Waals surface area (Å²) in [5, 5.41) is 0. The number of halogens is 1. The van der Waals surface area contributed by atoms with Crippen molar-refractivity contribution in [1.29, 1.82) is 0 Å². The largest absolute Gasteiger partial charge is 0.492 e. The molecule has 0 fully saturated rings. The minimum absolute atomic E-state index is 0.239. The molecule has 2 N–H and O–H groups in total. The summed E-state index contributed by atoms with van der Waals surface area (Å²) in [5.74, 6) is 0.691. The molecule has 0 aliphatic carbocycles. The molecule has 3 nitrogen and oxygen atoms in total. The van der Waals surface area contributed by atoms with Crippen LogP contribution in [0.1, 0.15) is 17.2 Å². The first-order chi connectivity index (χ1) is 10.2. The quantitative estimate of drug-likeness (QED) is 0.943. The highest BCUT2D eigenvalue weighted by Gasteiger charge is 2.19. The van der Waals surface area contributed by atoms with Gasteiger partial charge in [-0.15, -0.1) is 0 Å². The lowest BCUT2D eigenvalue weighted by atomic mass is 10.1. The van der Waals surface area contributed by atoms with Crippen LogP contribution in [-0.4, -0.2) is 24.6 Å². The Kier molecular flexibility index (Phi) is 4.18. The molecule has 0 radical (unpaired) electrons. The average Bonchev–Trinajstić information content (AvgIpc) is 2.69. The molecule has 110 valence electrons. The van der Waals surface area contributed by atoms with Crippen molar-refractivity contribution in [1.82, 2.24) is 4.90 Å². The highest BCUT2D eigenvalue weighted by Crippen LogP contribution is 2.24. The number of hydrogen-bond acceptors (Lipinski definition) is 3. The molecule has 0 amide bonds. The Labute approximate surface area is 124 Å². The van der Waals surface area contributed by atoms with Gasteiger partial charge in [0.15, 0.2) is 0 Å². The van der Waals surface area contributed by atoms with Gasteiger partial charge in [-0.2, -0.15) is 0 Å². The van der Waals surface area contributed by atoms with E-state index < -0.39 is 0 Å². The van der Waals surface area contributed by atoms with Crippen LogP contribution in [0.4, 0.5) is 4.39 Å². The lowest BCUT2D eigenvalue weighted by Gasteiger charge is -2.23. The normalized spacial score (nSPS) is 16.7. The first-order valence-electron chi connectivity index (χ1n) is 7.17. The minimum atomic E-state index is -0.337. The molecule has 2 aromatic carbocycles. The monoisotopic (exact) mass is 286 g/mol. The third kappa shape index (κ3) is 3.23. The van der Waals surface area contributed by atoms with Gasteiger partial charge < -0.3 is 10.5 Å². The van der Waals surface area contributed by atoms with Crippen molar-refractivity contribution in [3.05, 3.63) is 65.5 Å². The SMILES string of the molecule is NC(CN1CCOc2ccccc2C1)c1ccccc1F. The molecular formula is C17H19FN2O. The molecule has 3 rings (SSSR count). The zero-order chi connectivity index (χ0) is 14.7. The van der Waals surface area contributed by atoms with E-state index in [-0.39, 0.29) is 11.9 Å². The molecule has 0 saturated heterocycles. The Morgan fingerprint density at radius 3 is 2.76 bits per heavy atom. The minimum Gasteiger partial charge on any atom is -0.492 e. The molecule has 1 unspecified atom stereocenters. The number of hydrogen-bond donors (Lipinski definition) is 1. The molecule has 0 bridgehead atoms. The van der Waals surface area contributed by atoms with E-state index in [0.29, 0.717) is 18.7 Å². The number of benzene rings is 2. The zero-order valence-electron chi connectivity index (χ0n) is 11.8. The summed E-state index contributed by atoms with van der Waals surface area (Å²) >= 11 is 0. The van der Waals surface area contributed by atoms with E-state index in [1.165, 1.54) is 6.07 Å². The van der Waals surface area contributed by atoms with Gasteiger partial charge >= 0.3 is 0 Å². The fourth-order valence-corrected chi connectivity index (χ4v) is 2.69. The van der Waals surface area contributed by atoms with Crippen molar-refractivity contribution >= 4 is 0 Å². The molecule has 0 spiro atoms. The molecule has 0 aromatic heterocycles. The van der Waals surface area contributed by atoms with Gasteiger partial charge in [-0.05, 0) is 12.1 Å². The Hall–Kier alpha value is -1.91. The number of nitrogens with two attached hydrogens (primary N) is 1. The summed E-state index contributed by atoms with van der Waals surface area (Å²) in [6.07, 6.45) is 0. The summed E-state index contributed by atoms with van der Waals surface area (Å²) in [7, 11) is 0. The van der Waals surface area contributed by atoms with Gasteiger partial charge in [0.2, 0.25) is 0 Å². The van der Waals surface area contributed by atoms with Crippen LogP contribution >= 0.6 is 0 Å². The predicted molar refractivity (Wildman–Crippen MR) is 80.5 cm³/mol. The van der Waals surface area contributed by atoms with Gasteiger partial charge in [-0.25, -0.2) is 4.39 Å². The average molecular weight is 286 g/mol. The summed E-state index contributed by atoms with van der Waals surface area (Å²) in [6, 6.07) is 14.4. The second kappa shape index (κ2) is 6.24. The number of rotatable bonds is 3. The van der Waals surface area contributed by atoms with Gasteiger partial charge in [-0.1, -0.05) is 36.4 Å². The Bertz CT molecular complexity index is 617. The lowest BCUT2D eigenvalue weighted by molar-refractivity contribution is 0.215. The van der Waals surface area contributed by atoms with Gasteiger partial charge in [0.25, 0.3) is 0 Å². The smallest absolute Gasteiger partial charge is 0.128 e. The molecule has 0 saturated carbocycles. The number of nitrogens with zero attached hydrogens (tertiary/aromatic N) is 1. The number of fused-ring (bicyclic) bond motifs is 1. The van der Waals surface area contributed by atoms with E-state index in [1.807, 2.05) is 24.3 Å². The van der Waals surface area contributed by atoms with E-state index >= 15 is 0 Å². The highest BCUT2D eigenvalue weighted by molar-refractivity contribution is 5.33. The van der Waals surface area contributed by atoms with Crippen molar-refractivity contribution in [3.8, 4) is 5.75 Å². The maximum absolute atomic E-state index is 13.8. The van der Waals surface area contributed by atoms with Gasteiger partial charge in [0.05, 0.1) is 0 Å². The molecule has 1 aliphatic rings. The summed E-state index contributed by atoms with van der Waals surface area (Å²) in [6.45, 7) is 2.80. The number of para-hydroxylation sites is 1. The van der Waals surface area contributed by atoms with Crippen molar-refractivity contribution < 1.29 is 9.13 Å².